The quantitative estimate of drug-likeness (QED) is 0.778. The Bertz CT molecular complexity index is 327. The van der Waals surface area contributed by atoms with E-state index < -0.39 is 0 Å². The van der Waals surface area contributed by atoms with Gasteiger partial charge in [-0.1, -0.05) is 20.3 Å². The second-order valence-corrected chi connectivity index (χ2v) is 6.22. The van der Waals surface area contributed by atoms with Crippen LogP contribution in [0.1, 0.15) is 53.2 Å². The van der Waals surface area contributed by atoms with Crippen LogP contribution in [-0.2, 0) is 6.54 Å². The first-order valence-electron chi connectivity index (χ1n) is 7.47. The summed E-state index contributed by atoms with van der Waals surface area (Å²) in [7, 11) is 0. The van der Waals surface area contributed by atoms with Crippen LogP contribution in [0.5, 0.6) is 0 Å². The van der Waals surface area contributed by atoms with Crippen molar-refractivity contribution in [3.8, 4) is 0 Å². The van der Waals surface area contributed by atoms with Crippen molar-refractivity contribution in [2.24, 2.45) is 0 Å². The Hall–Kier alpha value is -0.800. The highest BCUT2D eigenvalue weighted by atomic mass is 16.3. The zero-order valence-corrected chi connectivity index (χ0v) is 13.2. The maximum absolute atomic E-state index is 5.48. The van der Waals surface area contributed by atoms with Crippen molar-refractivity contribution >= 4 is 0 Å². The lowest BCUT2D eigenvalue weighted by atomic mass is 10.1. The molecule has 0 saturated carbocycles. The van der Waals surface area contributed by atoms with Gasteiger partial charge in [0.1, 0.15) is 5.76 Å². The zero-order valence-electron chi connectivity index (χ0n) is 13.2. The van der Waals surface area contributed by atoms with Crippen molar-refractivity contribution in [3.05, 3.63) is 24.2 Å². The number of likely N-dealkylation sites (N-methyl/N-ethyl adjacent to an activating group) is 1. The van der Waals surface area contributed by atoms with Gasteiger partial charge in [0.15, 0.2) is 0 Å². The van der Waals surface area contributed by atoms with E-state index in [9.17, 15) is 0 Å². The van der Waals surface area contributed by atoms with Crippen molar-refractivity contribution in [1.29, 1.82) is 0 Å². The fourth-order valence-electron chi connectivity index (χ4n) is 2.27. The minimum atomic E-state index is 0.177. The van der Waals surface area contributed by atoms with Crippen LogP contribution in [0, 0.1) is 0 Å². The molecule has 19 heavy (non-hydrogen) atoms. The summed E-state index contributed by atoms with van der Waals surface area (Å²) in [5, 5.41) is 3.63. The van der Waals surface area contributed by atoms with Crippen LogP contribution >= 0.6 is 0 Å². The van der Waals surface area contributed by atoms with Crippen molar-refractivity contribution in [1.82, 2.24) is 10.2 Å². The summed E-state index contributed by atoms with van der Waals surface area (Å²) in [5.74, 6) is 1.05. The summed E-state index contributed by atoms with van der Waals surface area (Å²) in [4.78, 5) is 2.50. The lowest BCUT2D eigenvalue weighted by Gasteiger charge is -2.33. The van der Waals surface area contributed by atoms with Gasteiger partial charge in [-0.25, -0.2) is 0 Å². The molecule has 0 radical (unpaired) electrons. The molecule has 1 atom stereocenters. The Morgan fingerprint density at radius 3 is 2.53 bits per heavy atom. The minimum Gasteiger partial charge on any atom is -0.468 e. The molecule has 1 rings (SSSR count). The second-order valence-electron chi connectivity index (χ2n) is 6.22. The predicted octanol–water partition coefficient (Wildman–Crippen LogP) is 3.66. The Labute approximate surface area is 118 Å². The van der Waals surface area contributed by atoms with E-state index in [1.165, 1.54) is 12.8 Å². The molecule has 0 spiro atoms. The van der Waals surface area contributed by atoms with Gasteiger partial charge >= 0.3 is 0 Å². The third-order valence-electron chi connectivity index (χ3n) is 3.35. The number of hydrogen-bond acceptors (Lipinski definition) is 3. The van der Waals surface area contributed by atoms with Crippen LogP contribution in [0.25, 0.3) is 0 Å². The summed E-state index contributed by atoms with van der Waals surface area (Å²) in [5.41, 5.74) is 0.177. The first kappa shape index (κ1) is 16.3. The largest absolute Gasteiger partial charge is 0.468 e. The number of nitrogens with zero attached hydrogens (tertiary/aromatic N) is 1. The molecule has 0 saturated heterocycles. The number of nitrogens with one attached hydrogen (secondary N) is 1. The van der Waals surface area contributed by atoms with Gasteiger partial charge in [-0.05, 0) is 45.9 Å². The van der Waals surface area contributed by atoms with Crippen LogP contribution in [0.15, 0.2) is 22.8 Å². The molecule has 3 nitrogen and oxygen atoms in total. The number of furan rings is 1. The molecule has 1 aromatic heterocycles. The van der Waals surface area contributed by atoms with E-state index in [2.05, 4.69) is 50.9 Å². The average molecular weight is 266 g/mol. The fraction of sp³-hybridized carbons (Fsp3) is 0.750. The monoisotopic (exact) mass is 266 g/mol. The van der Waals surface area contributed by atoms with E-state index in [-0.39, 0.29) is 5.54 Å². The minimum absolute atomic E-state index is 0.177. The molecule has 1 unspecified atom stereocenters. The molecule has 1 heterocycles. The van der Waals surface area contributed by atoms with Crippen LogP contribution in [-0.4, -0.2) is 29.6 Å². The normalized spacial score (nSPS) is 14.0. The zero-order chi connectivity index (χ0) is 14.3. The molecule has 1 aromatic rings. The van der Waals surface area contributed by atoms with Crippen LogP contribution in [0.3, 0.4) is 0 Å². The molecular weight excluding hydrogens is 236 g/mol. The van der Waals surface area contributed by atoms with Crippen molar-refractivity contribution in [2.45, 2.75) is 65.6 Å². The third kappa shape index (κ3) is 6.26. The topological polar surface area (TPSA) is 28.4 Å². The Morgan fingerprint density at radius 1 is 1.32 bits per heavy atom. The summed E-state index contributed by atoms with van der Waals surface area (Å²) < 4.78 is 5.48. The molecule has 0 fully saturated rings. The highest BCUT2D eigenvalue weighted by Crippen LogP contribution is 2.13. The van der Waals surface area contributed by atoms with Gasteiger partial charge in [-0.3, -0.25) is 4.90 Å². The molecule has 0 aliphatic rings. The number of hydrogen-bond donors (Lipinski definition) is 1. The summed E-state index contributed by atoms with van der Waals surface area (Å²) in [6.45, 7) is 14.1. The lowest BCUT2D eigenvalue weighted by Crippen LogP contribution is -2.47. The lowest BCUT2D eigenvalue weighted by molar-refractivity contribution is 0.161. The highest BCUT2D eigenvalue weighted by Gasteiger charge is 2.19. The van der Waals surface area contributed by atoms with E-state index in [1.54, 1.807) is 6.26 Å². The van der Waals surface area contributed by atoms with Crippen molar-refractivity contribution in [3.63, 3.8) is 0 Å². The Kier molecular flexibility index (Phi) is 6.59. The summed E-state index contributed by atoms with van der Waals surface area (Å²) in [6.07, 6.45) is 4.19. The molecule has 0 aliphatic heterocycles. The molecule has 0 aliphatic carbocycles. The van der Waals surface area contributed by atoms with Crippen LogP contribution in [0.4, 0.5) is 0 Å². The number of rotatable bonds is 8. The van der Waals surface area contributed by atoms with Gasteiger partial charge in [-0.2, -0.15) is 0 Å². The molecule has 110 valence electrons. The van der Waals surface area contributed by atoms with Gasteiger partial charge in [0, 0.05) is 18.1 Å². The maximum atomic E-state index is 5.48. The van der Waals surface area contributed by atoms with Crippen LogP contribution < -0.4 is 5.32 Å². The first-order valence-corrected chi connectivity index (χ1v) is 7.47. The van der Waals surface area contributed by atoms with Gasteiger partial charge in [0.05, 0.1) is 12.8 Å². The van der Waals surface area contributed by atoms with E-state index in [0.717, 1.165) is 25.4 Å². The molecule has 0 amide bonds. The maximum Gasteiger partial charge on any atom is 0.117 e. The smallest absolute Gasteiger partial charge is 0.117 e. The standard InChI is InChI=1S/C16H30N2O/c1-6-9-14(12-17-16(3,4)5)18(7-2)13-15-10-8-11-19-15/h8,10-11,14,17H,6-7,9,12-13H2,1-5H3. The second kappa shape index (κ2) is 7.71. The molecule has 3 heteroatoms. The predicted molar refractivity (Wildman–Crippen MR) is 81.2 cm³/mol. The fourth-order valence-corrected chi connectivity index (χ4v) is 2.27. The van der Waals surface area contributed by atoms with Crippen molar-refractivity contribution < 1.29 is 4.42 Å². The SMILES string of the molecule is CCCC(CNC(C)(C)C)N(CC)Cc1ccco1. The van der Waals surface area contributed by atoms with E-state index in [0.29, 0.717) is 6.04 Å². The Balaban J connectivity index is 2.60. The molecule has 0 aromatic carbocycles. The van der Waals surface area contributed by atoms with Crippen molar-refractivity contribution in [2.75, 3.05) is 13.1 Å². The molecular formula is C16H30N2O. The van der Waals surface area contributed by atoms with E-state index in [4.69, 9.17) is 4.42 Å². The molecule has 0 bridgehead atoms. The summed E-state index contributed by atoms with van der Waals surface area (Å²) >= 11 is 0. The Morgan fingerprint density at radius 2 is 2.05 bits per heavy atom. The van der Waals surface area contributed by atoms with Gasteiger partial charge in [0.25, 0.3) is 0 Å². The van der Waals surface area contributed by atoms with Gasteiger partial charge in [-0.15, -0.1) is 0 Å². The van der Waals surface area contributed by atoms with E-state index >= 15 is 0 Å². The molecule has 1 N–H and O–H groups in total. The summed E-state index contributed by atoms with van der Waals surface area (Å²) in [6, 6.07) is 4.59. The first-order chi connectivity index (χ1) is 8.96. The highest BCUT2D eigenvalue weighted by molar-refractivity contribution is 4.98. The third-order valence-corrected chi connectivity index (χ3v) is 3.35. The van der Waals surface area contributed by atoms with Crippen LogP contribution in [0.2, 0.25) is 0 Å². The van der Waals surface area contributed by atoms with E-state index in [1.807, 2.05) is 6.07 Å². The van der Waals surface area contributed by atoms with Gasteiger partial charge < -0.3 is 9.73 Å². The van der Waals surface area contributed by atoms with Gasteiger partial charge in [0.2, 0.25) is 0 Å². The average Bonchev–Trinajstić information content (AvgIpc) is 2.83.